The van der Waals surface area contributed by atoms with Gasteiger partial charge >= 0.3 is 5.97 Å². The lowest BCUT2D eigenvalue weighted by molar-refractivity contribution is -0.123. The molecule has 0 aliphatic heterocycles. The number of hydrogen-bond acceptors (Lipinski definition) is 6. The van der Waals surface area contributed by atoms with E-state index in [0.717, 1.165) is 0 Å². The van der Waals surface area contributed by atoms with Gasteiger partial charge in [-0.2, -0.15) is 0 Å². The predicted molar refractivity (Wildman–Crippen MR) is 112 cm³/mol. The van der Waals surface area contributed by atoms with Gasteiger partial charge in [0.25, 0.3) is 5.91 Å². The summed E-state index contributed by atoms with van der Waals surface area (Å²) in [6.07, 6.45) is -1.04. The van der Waals surface area contributed by atoms with E-state index >= 15 is 0 Å². The van der Waals surface area contributed by atoms with E-state index in [1.165, 1.54) is 27.0 Å². The molecule has 1 unspecified atom stereocenters. The van der Waals surface area contributed by atoms with Crippen molar-refractivity contribution in [1.29, 1.82) is 0 Å². The normalized spacial score (nSPS) is 11.3. The van der Waals surface area contributed by atoms with Gasteiger partial charge in [-0.25, -0.2) is 4.79 Å². The Labute approximate surface area is 177 Å². The maximum absolute atomic E-state index is 12.5. The number of esters is 1. The molecule has 1 atom stereocenters. The Morgan fingerprint density at radius 2 is 1.76 bits per heavy atom. The van der Waals surface area contributed by atoms with Crippen molar-refractivity contribution in [3.05, 3.63) is 52.0 Å². The number of nitrogens with one attached hydrogen (secondary N) is 1. The van der Waals surface area contributed by atoms with E-state index in [0.29, 0.717) is 33.8 Å². The number of rotatable bonds is 8. The summed E-state index contributed by atoms with van der Waals surface area (Å²) in [7, 11) is 1.47. The number of carbonyl (C=O) groups excluding carboxylic acids is 3. The molecule has 8 heteroatoms. The van der Waals surface area contributed by atoms with Crippen molar-refractivity contribution in [3.63, 3.8) is 0 Å². The van der Waals surface area contributed by atoms with Gasteiger partial charge in [0, 0.05) is 11.3 Å². The highest BCUT2D eigenvalue weighted by Crippen LogP contribution is 2.36. The molecule has 0 aliphatic carbocycles. The molecule has 0 fully saturated rings. The summed E-state index contributed by atoms with van der Waals surface area (Å²) in [6.45, 7) is 5.20. The molecule has 0 saturated heterocycles. The maximum atomic E-state index is 12.5. The number of benzene rings is 2. The average Bonchev–Trinajstić information content (AvgIpc) is 2.69. The number of hydrogen-bond donors (Lipinski definition) is 1. The van der Waals surface area contributed by atoms with Crippen LogP contribution in [0.25, 0.3) is 0 Å². The Bertz CT molecular complexity index is 910. The first-order valence-electron chi connectivity index (χ1n) is 8.90. The summed E-state index contributed by atoms with van der Waals surface area (Å²) in [5.74, 6) is -0.392. The van der Waals surface area contributed by atoms with Gasteiger partial charge in [0.15, 0.2) is 23.4 Å². The van der Waals surface area contributed by atoms with Crippen LogP contribution in [0.15, 0.2) is 40.9 Å². The summed E-state index contributed by atoms with van der Waals surface area (Å²) in [6, 6.07) is 9.47. The zero-order valence-corrected chi connectivity index (χ0v) is 18.2. The van der Waals surface area contributed by atoms with Crippen LogP contribution in [0.4, 0.5) is 5.69 Å². The van der Waals surface area contributed by atoms with Gasteiger partial charge in [0.2, 0.25) is 0 Å². The molecular formula is C21H22BrNO6. The molecule has 0 bridgehead atoms. The molecule has 2 aromatic carbocycles. The van der Waals surface area contributed by atoms with E-state index in [4.69, 9.17) is 14.2 Å². The monoisotopic (exact) mass is 463 g/mol. The Morgan fingerprint density at radius 1 is 1.10 bits per heavy atom. The molecule has 2 rings (SSSR count). The van der Waals surface area contributed by atoms with Crippen LogP contribution in [-0.4, -0.2) is 37.5 Å². The molecule has 154 valence electrons. The molecule has 1 N–H and O–H groups in total. The first kappa shape index (κ1) is 22.4. The number of Topliss-reactive ketones (excluding diaryl/α,β-unsaturated/α-hetero) is 1. The van der Waals surface area contributed by atoms with Gasteiger partial charge in [-0.1, -0.05) is 0 Å². The van der Waals surface area contributed by atoms with Crippen LogP contribution in [0.3, 0.4) is 0 Å². The number of amides is 1. The van der Waals surface area contributed by atoms with Crippen LogP contribution < -0.4 is 14.8 Å². The van der Waals surface area contributed by atoms with Crippen LogP contribution in [0.1, 0.15) is 41.5 Å². The van der Waals surface area contributed by atoms with E-state index in [1.807, 2.05) is 6.92 Å². The average molecular weight is 464 g/mol. The molecule has 29 heavy (non-hydrogen) atoms. The molecule has 0 aliphatic rings. The van der Waals surface area contributed by atoms with E-state index in [1.54, 1.807) is 30.3 Å². The van der Waals surface area contributed by atoms with Crippen LogP contribution in [0.5, 0.6) is 11.5 Å². The van der Waals surface area contributed by atoms with Gasteiger partial charge < -0.3 is 19.5 Å². The summed E-state index contributed by atoms with van der Waals surface area (Å²) >= 11 is 3.35. The highest BCUT2D eigenvalue weighted by Gasteiger charge is 2.22. The minimum atomic E-state index is -1.04. The number of methoxy groups -OCH3 is 1. The fourth-order valence-electron chi connectivity index (χ4n) is 2.44. The standard InChI is InChI=1S/C21H22BrNO6/c1-5-28-19-17(22)10-15(11-18(19)27-4)21(26)29-13(3)20(25)23-16-8-6-14(7-9-16)12(2)24/h6-11,13H,5H2,1-4H3,(H,23,25). The molecule has 0 heterocycles. The van der Waals surface area contributed by atoms with E-state index < -0.39 is 18.0 Å². The van der Waals surface area contributed by atoms with Gasteiger partial charge in [-0.15, -0.1) is 0 Å². The van der Waals surface area contributed by atoms with E-state index in [2.05, 4.69) is 21.2 Å². The Morgan fingerprint density at radius 3 is 2.31 bits per heavy atom. The maximum Gasteiger partial charge on any atom is 0.339 e. The number of anilines is 1. The van der Waals surface area contributed by atoms with Gasteiger partial charge in [-0.05, 0) is 73.1 Å². The highest BCUT2D eigenvalue weighted by atomic mass is 79.9. The highest BCUT2D eigenvalue weighted by molar-refractivity contribution is 9.10. The van der Waals surface area contributed by atoms with Gasteiger partial charge in [0.1, 0.15) is 0 Å². The van der Waals surface area contributed by atoms with Crippen molar-refractivity contribution in [2.24, 2.45) is 0 Å². The molecular weight excluding hydrogens is 442 g/mol. The van der Waals surface area contributed by atoms with E-state index in [-0.39, 0.29) is 11.3 Å². The molecule has 2 aromatic rings. The summed E-state index contributed by atoms with van der Waals surface area (Å²) in [4.78, 5) is 36.1. The van der Waals surface area contributed by atoms with Crippen molar-refractivity contribution < 1.29 is 28.6 Å². The lowest BCUT2D eigenvalue weighted by Gasteiger charge is -2.16. The Kier molecular flexibility index (Phi) is 7.78. The zero-order valence-electron chi connectivity index (χ0n) is 16.6. The van der Waals surface area contributed by atoms with Crippen molar-refractivity contribution in [3.8, 4) is 11.5 Å². The summed E-state index contributed by atoms with van der Waals surface area (Å²) in [5.41, 5.74) is 1.24. The quantitative estimate of drug-likeness (QED) is 0.464. The van der Waals surface area contributed by atoms with Crippen LogP contribution >= 0.6 is 15.9 Å². The number of ether oxygens (including phenoxy) is 3. The Balaban J connectivity index is 2.06. The first-order valence-corrected chi connectivity index (χ1v) is 9.69. The molecule has 7 nitrogen and oxygen atoms in total. The molecule has 0 spiro atoms. The second-order valence-corrected chi connectivity index (χ2v) is 6.95. The number of halogens is 1. The van der Waals surface area contributed by atoms with Gasteiger partial charge in [0.05, 0.1) is 23.8 Å². The summed E-state index contributed by atoms with van der Waals surface area (Å²) in [5, 5.41) is 2.64. The Hall–Kier alpha value is -2.87. The van der Waals surface area contributed by atoms with Crippen LogP contribution in [-0.2, 0) is 9.53 Å². The minimum absolute atomic E-state index is 0.0675. The number of carbonyl (C=O) groups is 3. The topological polar surface area (TPSA) is 90.9 Å². The third-order valence-electron chi connectivity index (χ3n) is 3.97. The SMILES string of the molecule is CCOc1c(Br)cc(C(=O)OC(C)C(=O)Nc2ccc(C(C)=O)cc2)cc1OC. The smallest absolute Gasteiger partial charge is 0.339 e. The largest absolute Gasteiger partial charge is 0.493 e. The lowest BCUT2D eigenvalue weighted by atomic mass is 10.1. The third kappa shape index (κ3) is 5.80. The van der Waals surface area contributed by atoms with Crippen molar-refractivity contribution >= 4 is 39.3 Å². The predicted octanol–water partition coefficient (Wildman–Crippen LogP) is 4.24. The van der Waals surface area contributed by atoms with Gasteiger partial charge in [-0.3, -0.25) is 9.59 Å². The fourth-order valence-corrected chi connectivity index (χ4v) is 2.99. The fraction of sp³-hybridized carbons (Fsp3) is 0.286. The molecule has 0 radical (unpaired) electrons. The minimum Gasteiger partial charge on any atom is -0.493 e. The molecule has 0 saturated carbocycles. The number of ketones is 1. The van der Waals surface area contributed by atoms with Crippen LogP contribution in [0.2, 0.25) is 0 Å². The zero-order chi connectivity index (χ0) is 21.6. The lowest BCUT2D eigenvalue weighted by Crippen LogP contribution is -2.30. The van der Waals surface area contributed by atoms with E-state index in [9.17, 15) is 14.4 Å². The van der Waals surface area contributed by atoms with Crippen molar-refractivity contribution in [2.45, 2.75) is 26.9 Å². The molecule has 0 aromatic heterocycles. The molecule has 1 amide bonds. The first-order chi connectivity index (χ1) is 13.8. The summed E-state index contributed by atoms with van der Waals surface area (Å²) < 4.78 is 16.6. The third-order valence-corrected chi connectivity index (χ3v) is 4.55. The van der Waals surface area contributed by atoms with Crippen molar-refractivity contribution in [2.75, 3.05) is 19.0 Å². The van der Waals surface area contributed by atoms with Crippen LogP contribution in [0, 0.1) is 0 Å². The second kappa shape index (κ2) is 10.1. The van der Waals surface area contributed by atoms with Crippen molar-refractivity contribution in [1.82, 2.24) is 0 Å². The second-order valence-electron chi connectivity index (χ2n) is 6.09.